The van der Waals surface area contributed by atoms with E-state index in [-0.39, 0.29) is 12.1 Å². The monoisotopic (exact) mass is 373 g/mol. The highest BCUT2D eigenvalue weighted by Gasteiger charge is 2.34. The topological polar surface area (TPSA) is 38.8 Å². The fraction of sp³-hybridized carbons (Fsp3) is 0.611. The smallest absolute Gasteiger partial charge is 0.410 e. The Morgan fingerprint density at radius 3 is 2.62 bits per heavy atom. The second-order valence-electron chi connectivity index (χ2n) is 6.62. The summed E-state index contributed by atoms with van der Waals surface area (Å²) in [6.07, 6.45) is 2.49. The Hall–Kier alpha value is -0.970. The summed E-state index contributed by atoms with van der Waals surface area (Å²) in [4.78, 5) is 14.2. The molecule has 0 unspecified atom stereocenters. The molecule has 0 bridgehead atoms. The van der Waals surface area contributed by atoms with Crippen LogP contribution in [0.1, 0.15) is 37.8 Å². The number of ether oxygens (including phenoxy) is 2. The van der Waals surface area contributed by atoms with Crippen molar-refractivity contribution in [2.24, 2.45) is 5.92 Å². The number of methoxy groups -OCH3 is 1. The normalized spacial score (nSPS) is 14.1. The number of carbonyl (C=O) groups excluding carboxylic acids is 1. The minimum atomic E-state index is -0.277. The van der Waals surface area contributed by atoms with Crippen LogP contribution >= 0.6 is 23.2 Å². The summed E-state index contributed by atoms with van der Waals surface area (Å²) in [7, 11) is 1.66. The standard InChI is InChI=1S/C18H25Cl2NO3/c1-12(2)11-24-18(22)21(15-4-5-15)10-14-8-13(6-7-23-3)9-16(19)17(14)20/h8-9,12,15H,4-7,10-11H2,1-3H3. The van der Waals surface area contributed by atoms with Gasteiger partial charge >= 0.3 is 6.09 Å². The lowest BCUT2D eigenvalue weighted by atomic mass is 10.1. The molecule has 0 aliphatic heterocycles. The Kier molecular flexibility index (Phi) is 7.20. The third-order valence-electron chi connectivity index (χ3n) is 3.86. The lowest BCUT2D eigenvalue weighted by molar-refractivity contribution is 0.0870. The minimum Gasteiger partial charge on any atom is -0.449 e. The molecule has 24 heavy (non-hydrogen) atoms. The summed E-state index contributed by atoms with van der Waals surface area (Å²) >= 11 is 12.6. The highest BCUT2D eigenvalue weighted by molar-refractivity contribution is 6.42. The number of hydrogen-bond acceptors (Lipinski definition) is 3. The summed E-state index contributed by atoms with van der Waals surface area (Å²) in [5.41, 5.74) is 1.90. The van der Waals surface area contributed by atoms with Gasteiger partial charge in [-0.25, -0.2) is 4.79 Å². The SMILES string of the molecule is COCCc1cc(Cl)c(Cl)c(CN(C(=O)OCC(C)C)C2CC2)c1. The zero-order valence-electron chi connectivity index (χ0n) is 14.5. The molecule has 2 rings (SSSR count). The molecule has 1 aliphatic rings. The van der Waals surface area contributed by atoms with Crippen LogP contribution in [0.25, 0.3) is 0 Å². The molecule has 4 nitrogen and oxygen atoms in total. The Morgan fingerprint density at radius 1 is 1.33 bits per heavy atom. The molecule has 1 fully saturated rings. The quantitative estimate of drug-likeness (QED) is 0.647. The third kappa shape index (κ3) is 5.54. The summed E-state index contributed by atoms with van der Waals surface area (Å²) in [5.74, 6) is 0.311. The maximum absolute atomic E-state index is 12.4. The van der Waals surface area contributed by atoms with Gasteiger partial charge in [-0.3, -0.25) is 0 Å². The second-order valence-corrected chi connectivity index (χ2v) is 7.41. The van der Waals surface area contributed by atoms with Crippen LogP contribution in [0.5, 0.6) is 0 Å². The summed E-state index contributed by atoms with van der Waals surface area (Å²) in [6.45, 7) is 5.49. The average molecular weight is 374 g/mol. The molecule has 1 aromatic carbocycles. The zero-order valence-corrected chi connectivity index (χ0v) is 16.0. The molecule has 0 N–H and O–H groups in total. The molecule has 1 saturated carbocycles. The molecular formula is C18H25Cl2NO3. The van der Waals surface area contributed by atoms with Gasteiger partial charge in [-0.1, -0.05) is 43.1 Å². The van der Waals surface area contributed by atoms with Crippen LogP contribution in [-0.4, -0.2) is 37.4 Å². The van der Waals surface area contributed by atoms with Gasteiger partial charge in [-0.2, -0.15) is 0 Å². The second kappa shape index (κ2) is 8.93. The van der Waals surface area contributed by atoms with Crippen molar-refractivity contribution in [2.45, 2.75) is 45.7 Å². The van der Waals surface area contributed by atoms with Gasteiger partial charge in [-0.15, -0.1) is 0 Å². The molecule has 1 amide bonds. The average Bonchev–Trinajstić information content (AvgIpc) is 3.36. The van der Waals surface area contributed by atoms with Crippen molar-refractivity contribution >= 4 is 29.3 Å². The van der Waals surface area contributed by atoms with Gasteiger partial charge in [0.15, 0.2) is 0 Å². The summed E-state index contributed by atoms with van der Waals surface area (Å²) in [6, 6.07) is 4.09. The molecule has 0 saturated heterocycles. The van der Waals surface area contributed by atoms with E-state index in [1.54, 1.807) is 12.0 Å². The summed E-state index contributed by atoms with van der Waals surface area (Å²) in [5, 5.41) is 1.01. The lowest BCUT2D eigenvalue weighted by Crippen LogP contribution is -2.34. The first kappa shape index (κ1) is 19.4. The van der Waals surface area contributed by atoms with E-state index in [1.807, 2.05) is 26.0 Å². The van der Waals surface area contributed by atoms with Crippen LogP contribution in [0.3, 0.4) is 0 Å². The molecule has 0 spiro atoms. The van der Waals surface area contributed by atoms with E-state index >= 15 is 0 Å². The fourth-order valence-electron chi connectivity index (χ4n) is 2.42. The fourth-order valence-corrected chi connectivity index (χ4v) is 2.85. The van der Waals surface area contributed by atoms with Gasteiger partial charge in [0.05, 0.1) is 29.8 Å². The van der Waals surface area contributed by atoms with E-state index in [0.29, 0.717) is 35.7 Å². The van der Waals surface area contributed by atoms with Gasteiger partial charge in [0.25, 0.3) is 0 Å². The van der Waals surface area contributed by atoms with Crippen molar-refractivity contribution in [1.82, 2.24) is 4.90 Å². The van der Waals surface area contributed by atoms with Crippen molar-refractivity contribution in [3.05, 3.63) is 33.3 Å². The zero-order chi connectivity index (χ0) is 17.7. The predicted octanol–water partition coefficient (Wildman–Crippen LogP) is 4.94. The molecule has 0 radical (unpaired) electrons. The molecule has 1 aliphatic carbocycles. The molecule has 0 aromatic heterocycles. The van der Waals surface area contributed by atoms with E-state index in [2.05, 4.69) is 0 Å². The molecule has 0 heterocycles. The first-order valence-corrected chi connectivity index (χ1v) is 9.07. The number of benzene rings is 1. The molecule has 0 atom stereocenters. The van der Waals surface area contributed by atoms with Gasteiger partial charge in [0.2, 0.25) is 0 Å². The largest absolute Gasteiger partial charge is 0.449 e. The number of nitrogens with zero attached hydrogens (tertiary/aromatic N) is 1. The van der Waals surface area contributed by atoms with Gasteiger partial charge in [-0.05, 0) is 42.4 Å². The van der Waals surface area contributed by atoms with Crippen LogP contribution in [0, 0.1) is 5.92 Å². The Bertz CT molecular complexity index is 574. The molecule has 134 valence electrons. The van der Waals surface area contributed by atoms with E-state index in [0.717, 1.165) is 30.4 Å². The lowest BCUT2D eigenvalue weighted by Gasteiger charge is -2.23. The van der Waals surface area contributed by atoms with Crippen molar-refractivity contribution in [3.63, 3.8) is 0 Å². The Labute approximate surface area is 154 Å². The van der Waals surface area contributed by atoms with Crippen molar-refractivity contribution in [3.8, 4) is 0 Å². The maximum atomic E-state index is 12.4. The maximum Gasteiger partial charge on any atom is 0.410 e. The predicted molar refractivity (Wildman–Crippen MR) is 96.8 cm³/mol. The Morgan fingerprint density at radius 2 is 2.04 bits per heavy atom. The van der Waals surface area contributed by atoms with E-state index in [1.165, 1.54) is 0 Å². The van der Waals surface area contributed by atoms with E-state index in [4.69, 9.17) is 32.7 Å². The van der Waals surface area contributed by atoms with E-state index < -0.39 is 0 Å². The number of halogens is 2. The van der Waals surface area contributed by atoms with Crippen molar-refractivity contribution in [1.29, 1.82) is 0 Å². The van der Waals surface area contributed by atoms with Gasteiger partial charge in [0, 0.05) is 13.2 Å². The van der Waals surface area contributed by atoms with Gasteiger partial charge in [0.1, 0.15) is 0 Å². The first-order chi connectivity index (χ1) is 11.4. The van der Waals surface area contributed by atoms with E-state index in [9.17, 15) is 4.79 Å². The van der Waals surface area contributed by atoms with Crippen LogP contribution in [0.4, 0.5) is 4.79 Å². The first-order valence-electron chi connectivity index (χ1n) is 8.31. The molecule has 1 aromatic rings. The minimum absolute atomic E-state index is 0.238. The molecule has 6 heteroatoms. The summed E-state index contributed by atoms with van der Waals surface area (Å²) < 4.78 is 10.5. The van der Waals surface area contributed by atoms with Crippen molar-refractivity contribution in [2.75, 3.05) is 20.3 Å². The van der Waals surface area contributed by atoms with Crippen LogP contribution < -0.4 is 0 Å². The number of rotatable bonds is 8. The van der Waals surface area contributed by atoms with Crippen LogP contribution in [0.15, 0.2) is 12.1 Å². The number of carbonyl (C=O) groups is 1. The highest BCUT2D eigenvalue weighted by atomic mass is 35.5. The highest BCUT2D eigenvalue weighted by Crippen LogP contribution is 2.33. The third-order valence-corrected chi connectivity index (χ3v) is 4.70. The number of amides is 1. The van der Waals surface area contributed by atoms with Gasteiger partial charge < -0.3 is 14.4 Å². The van der Waals surface area contributed by atoms with Crippen LogP contribution in [-0.2, 0) is 22.4 Å². The number of hydrogen-bond donors (Lipinski definition) is 0. The van der Waals surface area contributed by atoms with Crippen LogP contribution in [0.2, 0.25) is 10.0 Å². The van der Waals surface area contributed by atoms with Crippen molar-refractivity contribution < 1.29 is 14.3 Å². The molecular weight excluding hydrogens is 349 g/mol. The Balaban J connectivity index is 2.13.